The van der Waals surface area contributed by atoms with E-state index >= 15 is 0 Å². The molecule has 1 aromatic carbocycles. The Hall–Kier alpha value is -2.51. The van der Waals surface area contributed by atoms with E-state index in [1.807, 2.05) is 30.3 Å². The predicted molar refractivity (Wildman–Crippen MR) is 81.8 cm³/mol. The minimum atomic E-state index is -0.353. The van der Waals surface area contributed by atoms with E-state index in [1.54, 1.807) is 10.9 Å². The van der Waals surface area contributed by atoms with Crippen LogP contribution >= 0.6 is 0 Å². The SMILES string of the molecule is Nc1ncnc2c1ncn2CC(CO)OCc1ccccc1. The third-order valence-electron chi connectivity index (χ3n) is 3.36. The van der Waals surface area contributed by atoms with Gasteiger partial charge in [0, 0.05) is 0 Å². The summed E-state index contributed by atoms with van der Waals surface area (Å²) in [7, 11) is 0. The molecule has 7 heteroatoms. The maximum absolute atomic E-state index is 9.51. The lowest BCUT2D eigenvalue weighted by Gasteiger charge is -2.16. The van der Waals surface area contributed by atoms with Crippen LogP contribution in [0.15, 0.2) is 43.0 Å². The summed E-state index contributed by atoms with van der Waals surface area (Å²) >= 11 is 0. The van der Waals surface area contributed by atoms with Gasteiger partial charge in [-0.2, -0.15) is 0 Å². The van der Waals surface area contributed by atoms with E-state index in [9.17, 15) is 5.11 Å². The summed E-state index contributed by atoms with van der Waals surface area (Å²) < 4.78 is 7.56. The summed E-state index contributed by atoms with van der Waals surface area (Å²) in [5, 5.41) is 9.51. The average Bonchev–Trinajstić information content (AvgIpc) is 2.97. The molecule has 0 saturated carbocycles. The van der Waals surface area contributed by atoms with Crippen molar-refractivity contribution in [2.24, 2.45) is 0 Å². The number of nitrogen functional groups attached to an aromatic ring is 1. The minimum absolute atomic E-state index is 0.0902. The number of aromatic nitrogens is 4. The Morgan fingerprint density at radius 3 is 2.77 bits per heavy atom. The molecule has 1 unspecified atom stereocenters. The smallest absolute Gasteiger partial charge is 0.165 e. The fourth-order valence-electron chi connectivity index (χ4n) is 2.20. The van der Waals surface area contributed by atoms with Crippen LogP contribution < -0.4 is 5.73 Å². The lowest BCUT2D eigenvalue weighted by atomic mass is 10.2. The highest BCUT2D eigenvalue weighted by Gasteiger charge is 2.13. The van der Waals surface area contributed by atoms with Gasteiger partial charge in [0.2, 0.25) is 0 Å². The molecular weight excluding hydrogens is 282 g/mol. The first-order chi connectivity index (χ1) is 10.8. The topological polar surface area (TPSA) is 99.1 Å². The zero-order valence-corrected chi connectivity index (χ0v) is 12.0. The lowest BCUT2D eigenvalue weighted by molar-refractivity contribution is -0.00660. The van der Waals surface area contributed by atoms with Crippen LogP contribution in [0.3, 0.4) is 0 Å². The van der Waals surface area contributed by atoms with Crippen molar-refractivity contribution < 1.29 is 9.84 Å². The van der Waals surface area contributed by atoms with Crippen molar-refractivity contribution in [2.45, 2.75) is 19.3 Å². The number of nitrogens with two attached hydrogens (primary N) is 1. The zero-order chi connectivity index (χ0) is 15.4. The van der Waals surface area contributed by atoms with E-state index in [4.69, 9.17) is 10.5 Å². The molecule has 0 aliphatic rings. The molecule has 0 bridgehead atoms. The van der Waals surface area contributed by atoms with Gasteiger partial charge in [0.25, 0.3) is 0 Å². The van der Waals surface area contributed by atoms with Crippen molar-refractivity contribution in [3.05, 3.63) is 48.5 Å². The highest BCUT2D eigenvalue weighted by Crippen LogP contribution is 2.15. The third kappa shape index (κ3) is 3.05. The third-order valence-corrected chi connectivity index (χ3v) is 3.36. The normalized spacial score (nSPS) is 12.6. The maximum Gasteiger partial charge on any atom is 0.165 e. The van der Waals surface area contributed by atoms with Gasteiger partial charge in [-0.25, -0.2) is 15.0 Å². The number of imidazole rings is 1. The molecule has 0 saturated heterocycles. The molecule has 3 aromatic rings. The number of anilines is 1. The van der Waals surface area contributed by atoms with E-state index in [0.717, 1.165) is 5.56 Å². The van der Waals surface area contributed by atoms with Crippen LogP contribution in [-0.4, -0.2) is 37.3 Å². The highest BCUT2D eigenvalue weighted by atomic mass is 16.5. The van der Waals surface area contributed by atoms with Crippen LogP contribution in [0.25, 0.3) is 11.2 Å². The largest absolute Gasteiger partial charge is 0.394 e. The van der Waals surface area contributed by atoms with E-state index in [-0.39, 0.29) is 12.7 Å². The molecule has 0 radical (unpaired) electrons. The summed E-state index contributed by atoms with van der Waals surface area (Å²) in [5.41, 5.74) is 8.01. The molecule has 22 heavy (non-hydrogen) atoms. The molecule has 3 rings (SSSR count). The standard InChI is InChI=1S/C15H17N5O2/c16-14-13-15(18-9-17-14)20(10-19-13)6-12(7-21)22-8-11-4-2-1-3-5-11/h1-5,9-10,12,21H,6-8H2,(H2,16,17,18). The molecular formula is C15H17N5O2. The van der Waals surface area contributed by atoms with E-state index in [0.29, 0.717) is 30.1 Å². The van der Waals surface area contributed by atoms with Gasteiger partial charge < -0.3 is 20.1 Å². The van der Waals surface area contributed by atoms with Gasteiger partial charge in [-0.15, -0.1) is 0 Å². The Morgan fingerprint density at radius 2 is 2.00 bits per heavy atom. The van der Waals surface area contributed by atoms with Crippen LogP contribution in [0.4, 0.5) is 5.82 Å². The van der Waals surface area contributed by atoms with Gasteiger partial charge in [0.05, 0.1) is 32.2 Å². The van der Waals surface area contributed by atoms with E-state index < -0.39 is 0 Å². The quantitative estimate of drug-likeness (QED) is 0.704. The van der Waals surface area contributed by atoms with Crippen LogP contribution in [0.5, 0.6) is 0 Å². The number of fused-ring (bicyclic) bond motifs is 1. The zero-order valence-electron chi connectivity index (χ0n) is 12.0. The molecule has 2 aromatic heterocycles. The average molecular weight is 299 g/mol. The number of aliphatic hydroxyl groups is 1. The Bertz CT molecular complexity index is 744. The molecule has 1 atom stereocenters. The molecule has 0 amide bonds. The molecule has 2 heterocycles. The van der Waals surface area contributed by atoms with Crippen molar-refractivity contribution in [1.29, 1.82) is 0 Å². The number of aliphatic hydroxyl groups excluding tert-OH is 1. The second kappa shape index (κ2) is 6.50. The number of hydrogen-bond acceptors (Lipinski definition) is 6. The first-order valence-electron chi connectivity index (χ1n) is 6.95. The van der Waals surface area contributed by atoms with Gasteiger partial charge in [-0.05, 0) is 5.56 Å². The van der Waals surface area contributed by atoms with Crippen LogP contribution in [0, 0.1) is 0 Å². The van der Waals surface area contributed by atoms with Gasteiger partial charge in [0.15, 0.2) is 11.5 Å². The Balaban J connectivity index is 1.70. The number of benzene rings is 1. The summed E-state index contributed by atoms with van der Waals surface area (Å²) in [5.74, 6) is 0.342. The predicted octanol–water partition coefficient (Wildman–Crippen LogP) is 0.986. The van der Waals surface area contributed by atoms with Crippen molar-refractivity contribution in [2.75, 3.05) is 12.3 Å². The Labute approximate surface area is 127 Å². The molecule has 0 aliphatic carbocycles. The van der Waals surface area contributed by atoms with Crippen LogP contribution in [-0.2, 0) is 17.9 Å². The second-order valence-electron chi connectivity index (χ2n) is 4.93. The highest BCUT2D eigenvalue weighted by molar-refractivity contribution is 5.81. The van der Waals surface area contributed by atoms with Crippen molar-refractivity contribution in [1.82, 2.24) is 19.5 Å². The van der Waals surface area contributed by atoms with E-state index in [1.165, 1.54) is 6.33 Å². The van der Waals surface area contributed by atoms with Crippen molar-refractivity contribution in [3.63, 3.8) is 0 Å². The second-order valence-corrected chi connectivity index (χ2v) is 4.93. The minimum Gasteiger partial charge on any atom is -0.394 e. The van der Waals surface area contributed by atoms with Crippen LogP contribution in [0.1, 0.15) is 5.56 Å². The number of ether oxygens (including phenoxy) is 1. The monoisotopic (exact) mass is 299 g/mol. The summed E-state index contributed by atoms with van der Waals surface area (Å²) in [6.07, 6.45) is 2.67. The molecule has 0 fully saturated rings. The molecule has 114 valence electrons. The van der Waals surface area contributed by atoms with Crippen LogP contribution in [0.2, 0.25) is 0 Å². The first-order valence-corrected chi connectivity index (χ1v) is 6.95. The molecule has 3 N–H and O–H groups in total. The van der Waals surface area contributed by atoms with Gasteiger partial charge >= 0.3 is 0 Å². The number of hydrogen-bond donors (Lipinski definition) is 2. The first kappa shape index (κ1) is 14.4. The fraction of sp³-hybridized carbons (Fsp3) is 0.267. The Morgan fingerprint density at radius 1 is 1.18 bits per heavy atom. The fourth-order valence-corrected chi connectivity index (χ4v) is 2.20. The number of rotatable bonds is 6. The van der Waals surface area contributed by atoms with E-state index in [2.05, 4.69) is 15.0 Å². The van der Waals surface area contributed by atoms with Crippen molar-refractivity contribution in [3.8, 4) is 0 Å². The van der Waals surface area contributed by atoms with Gasteiger partial charge in [-0.1, -0.05) is 30.3 Å². The Kier molecular flexibility index (Phi) is 4.27. The summed E-state index contributed by atoms with van der Waals surface area (Å²) in [6, 6.07) is 9.82. The molecule has 0 spiro atoms. The molecule has 7 nitrogen and oxygen atoms in total. The molecule has 0 aliphatic heterocycles. The lowest BCUT2D eigenvalue weighted by Crippen LogP contribution is -2.24. The maximum atomic E-state index is 9.51. The van der Waals surface area contributed by atoms with Gasteiger partial charge in [-0.3, -0.25) is 0 Å². The summed E-state index contributed by atoms with van der Waals surface area (Å²) in [4.78, 5) is 12.3. The number of nitrogens with zero attached hydrogens (tertiary/aromatic N) is 4. The summed E-state index contributed by atoms with van der Waals surface area (Å²) in [6.45, 7) is 0.791. The van der Waals surface area contributed by atoms with Crippen molar-refractivity contribution >= 4 is 17.0 Å². The van der Waals surface area contributed by atoms with Gasteiger partial charge in [0.1, 0.15) is 11.8 Å².